The lowest BCUT2D eigenvalue weighted by atomic mass is 9.90. The summed E-state index contributed by atoms with van der Waals surface area (Å²) in [5.74, 6) is -0.0834. The van der Waals surface area contributed by atoms with E-state index in [0.717, 1.165) is 37.8 Å². The van der Waals surface area contributed by atoms with E-state index < -0.39 is 0 Å². The largest absolute Gasteiger partial charge is 0.354 e. The molecule has 0 aliphatic heterocycles. The number of nitrogens with zero attached hydrogens (tertiary/aromatic N) is 2. The molecule has 5 nitrogen and oxygen atoms in total. The standard InChI is InChI=1S/C20H28N4O/c1-14(2)22-16-9-10-18-17(13-16)19(20(25)21-3)23-24(18)12-11-15-7-5-4-6-8-15/h4-8,14,16,22H,9-13H2,1-3H3,(H,21,25). The van der Waals surface area contributed by atoms with Crippen molar-refractivity contribution >= 4 is 5.91 Å². The number of benzene rings is 1. The summed E-state index contributed by atoms with van der Waals surface area (Å²) in [5, 5.41) is 11.0. The first-order chi connectivity index (χ1) is 12.1. The first-order valence-corrected chi connectivity index (χ1v) is 9.19. The molecule has 0 fully saturated rings. The van der Waals surface area contributed by atoms with Gasteiger partial charge in [0.2, 0.25) is 0 Å². The number of fused-ring (bicyclic) bond motifs is 1. The predicted molar refractivity (Wildman–Crippen MR) is 99.8 cm³/mol. The molecule has 0 saturated heterocycles. The van der Waals surface area contributed by atoms with Crippen LogP contribution in [0, 0.1) is 0 Å². The quantitative estimate of drug-likeness (QED) is 0.849. The Bertz CT molecular complexity index is 721. The molecule has 0 spiro atoms. The van der Waals surface area contributed by atoms with Crippen LogP contribution in [0.3, 0.4) is 0 Å². The van der Waals surface area contributed by atoms with Crippen molar-refractivity contribution in [3.05, 3.63) is 52.8 Å². The molecule has 1 heterocycles. The highest BCUT2D eigenvalue weighted by Crippen LogP contribution is 2.25. The van der Waals surface area contributed by atoms with Crippen LogP contribution in [0.15, 0.2) is 30.3 Å². The lowest BCUT2D eigenvalue weighted by Crippen LogP contribution is -2.39. The van der Waals surface area contributed by atoms with Gasteiger partial charge < -0.3 is 10.6 Å². The van der Waals surface area contributed by atoms with Crippen LogP contribution in [0.25, 0.3) is 0 Å². The monoisotopic (exact) mass is 340 g/mol. The van der Waals surface area contributed by atoms with Gasteiger partial charge in [0.05, 0.1) is 0 Å². The lowest BCUT2D eigenvalue weighted by molar-refractivity contribution is 0.0956. The molecule has 1 aromatic heterocycles. The Hall–Kier alpha value is -2.14. The minimum atomic E-state index is -0.0834. The molecule has 2 aromatic rings. The zero-order valence-electron chi connectivity index (χ0n) is 15.4. The highest BCUT2D eigenvalue weighted by Gasteiger charge is 2.28. The normalized spacial score (nSPS) is 16.7. The van der Waals surface area contributed by atoms with E-state index in [2.05, 4.69) is 58.5 Å². The number of carbonyl (C=O) groups excluding carboxylic acids is 1. The topological polar surface area (TPSA) is 59.0 Å². The van der Waals surface area contributed by atoms with Crippen molar-refractivity contribution < 1.29 is 4.79 Å². The van der Waals surface area contributed by atoms with Gasteiger partial charge in [-0.15, -0.1) is 0 Å². The molecule has 2 N–H and O–H groups in total. The molecule has 3 rings (SSSR count). The van der Waals surface area contributed by atoms with Gasteiger partial charge in [-0.1, -0.05) is 44.2 Å². The second-order valence-electron chi connectivity index (χ2n) is 7.07. The third-order valence-corrected chi connectivity index (χ3v) is 4.81. The van der Waals surface area contributed by atoms with E-state index in [4.69, 9.17) is 0 Å². The summed E-state index contributed by atoms with van der Waals surface area (Å²) in [4.78, 5) is 12.3. The van der Waals surface area contributed by atoms with E-state index in [1.807, 2.05) is 6.07 Å². The van der Waals surface area contributed by atoms with Crippen LogP contribution < -0.4 is 10.6 Å². The zero-order chi connectivity index (χ0) is 17.8. The number of carbonyl (C=O) groups is 1. The maximum absolute atomic E-state index is 12.3. The van der Waals surface area contributed by atoms with Crippen LogP contribution in [0.5, 0.6) is 0 Å². The van der Waals surface area contributed by atoms with Gasteiger partial charge in [0.1, 0.15) is 0 Å². The molecular formula is C20H28N4O. The molecule has 5 heteroatoms. The summed E-state index contributed by atoms with van der Waals surface area (Å²) < 4.78 is 2.05. The van der Waals surface area contributed by atoms with Gasteiger partial charge in [-0.3, -0.25) is 9.48 Å². The van der Waals surface area contributed by atoms with E-state index in [1.165, 1.54) is 11.3 Å². The number of amides is 1. The fourth-order valence-corrected chi connectivity index (χ4v) is 3.67. The van der Waals surface area contributed by atoms with Crippen LogP contribution in [0.1, 0.15) is 47.6 Å². The summed E-state index contributed by atoms with van der Waals surface area (Å²) in [6.07, 6.45) is 3.87. The minimum Gasteiger partial charge on any atom is -0.354 e. The van der Waals surface area contributed by atoms with Crippen molar-refractivity contribution in [1.29, 1.82) is 0 Å². The van der Waals surface area contributed by atoms with Crippen LogP contribution >= 0.6 is 0 Å². The molecule has 0 radical (unpaired) electrons. The lowest BCUT2D eigenvalue weighted by Gasteiger charge is -2.26. The van der Waals surface area contributed by atoms with Gasteiger partial charge in [0, 0.05) is 36.9 Å². The van der Waals surface area contributed by atoms with E-state index in [-0.39, 0.29) is 5.91 Å². The second-order valence-corrected chi connectivity index (χ2v) is 7.07. The molecule has 1 amide bonds. The zero-order valence-corrected chi connectivity index (χ0v) is 15.4. The Morgan fingerprint density at radius 1 is 1.32 bits per heavy atom. The Morgan fingerprint density at radius 3 is 2.76 bits per heavy atom. The van der Waals surface area contributed by atoms with Crippen molar-refractivity contribution in [2.75, 3.05) is 7.05 Å². The Kier molecular flexibility index (Phi) is 5.53. The highest BCUT2D eigenvalue weighted by atomic mass is 16.1. The fraction of sp³-hybridized carbons (Fsp3) is 0.500. The number of aryl methyl sites for hydroxylation is 2. The number of hydrogen-bond donors (Lipinski definition) is 2. The molecule has 25 heavy (non-hydrogen) atoms. The third-order valence-electron chi connectivity index (χ3n) is 4.81. The van der Waals surface area contributed by atoms with Crippen LogP contribution in [-0.4, -0.2) is 34.8 Å². The van der Waals surface area contributed by atoms with Crippen molar-refractivity contribution in [3.8, 4) is 0 Å². The third kappa shape index (κ3) is 4.10. The molecule has 1 aliphatic rings. The predicted octanol–water partition coefficient (Wildman–Crippen LogP) is 2.34. The van der Waals surface area contributed by atoms with Gasteiger partial charge in [0.25, 0.3) is 5.91 Å². The number of rotatable bonds is 6. The van der Waals surface area contributed by atoms with Crippen LogP contribution in [0.4, 0.5) is 0 Å². The summed E-state index contributed by atoms with van der Waals surface area (Å²) in [5.41, 5.74) is 4.25. The molecular weight excluding hydrogens is 312 g/mol. The minimum absolute atomic E-state index is 0.0834. The smallest absolute Gasteiger partial charge is 0.271 e. The number of aromatic nitrogens is 2. The first-order valence-electron chi connectivity index (χ1n) is 9.19. The SMILES string of the molecule is CNC(=O)c1nn(CCc2ccccc2)c2c1CC(NC(C)C)CC2. The van der Waals surface area contributed by atoms with Gasteiger partial charge in [-0.05, 0) is 31.2 Å². The summed E-state index contributed by atoms with van der Waals surface area (Å²) in [6.45, 7) is 5.14. The Morgan fingerprint density at radius 2 is 2.08 bits per heavy atom. The first kappa shape index (κ1) is 17.7. The Balaban J connectivity index is 1.83. The maximum Gasteiger partial charge on any atom is 0.271 e. The van der Waals surface area contributed by atoms with Gasteiger partial charge in [-0.25, -0.2) is 0 Å². The molecule has 1 aromatic carbocycles. The average Bonchev–Trinajstić information content (AvgIpc) is 2.97. The van der Waals surface area contributed by atoms with Gasteiger partial charge in [-0.2, -0.15) is 5.10 Å². The maximum atomic E-state index is 12.3. The van der Waals surface area contributed by atoms with Crippen molar-refractivity contribution in [1.82, 2.24) is 20.4 Å². The van der Waals surface area contributed by atoms with Gasteiger partial charge in [0.15, 0.2) is 5.69 Å². The molecule has 0 saturated carbocycles. The van der Waals surface area contributed by atoms with Crippen LogP contribution in [0.2, 0.25) is 0 Å². The molecule has 1 unspecified atom stereocenters. The average molecular weight is 340 g/mol. The van der Waals surface area contributed by atoms with Crippen molar-refractivity contribution in [2.45, 2.75) is 58.2 Å². The molecule has 1 aliphatic carbocycles. The second kappa shape index (κ2) is 7.83. The van der Waals surface area contributed by atoms with Crippen molar-refractivity contribution in [3.63, 3.8) is 0 Å². The molecule has 0 bridgehead atoms. The molecule has 1 atom stereocenters. The summed E-state index contributed by atoms with van der Waals surface area (Å²) in [7, 11) is 1.67. The number of nitrogens with one attached hydrogen (secondary N) is 2. The van der Waals surface area contributed by atoms with E-state index in [9.17, 15) is 4.79 Å². The van der Waals surface area contributed by atoms with Gasteiger partial charge >= 0.3 is 0 Å². The van der Waals surface area contributed by atoms with Crippen LogP contribution in [-0.2, 0) is 25.8 Å². The van der Waals surface area contributed by atoms with E-state index >= 15 is 0 Å². The number of hydrogen-bond acceptors (Lipinski definition) is 3. The fourth-order valence-electron chi connectivity index (χ4n) is 3.67. The van der Waals surface area contributed by atoms with E-state index in [1.54, 1.807) is 7.05 Å². The molecule has 134 valence electrons. The summed E-state index contributed by atoms with van der Waals surface area (Å²) >= 11 is 0. The highest BCUT2D eigenvalue weighted by molar-refractivity contribution is 5.93. The van der Waals surface area contributed by atoms with E-state index in [0.29, 0.717) is 17.8 Å². The van der Waals surface area contributed by atoms with Crippen molar-refractivity contribution in [2.24, 2.45) is 0 Å². The Labute approximate surface area is 149 Å². The summed E-state index contributed by atoms with van der Waals surface area (Å²) in [6, 6.07) is 11.3.